The van der Waals surface area contributed by atoms with E-state index in [4.69, 9.17) is 0 Å². The summed E-state index contributed by atoms with van der Waals surface area (Å²) >= 11 is 0. The van der Waals surface area contributed by atoms with Crippen molar-refractivity contribution in [1.29, 1.82) is 0 Å². The van der Waals surface area contributed by atoms with Crippen LogP contribution in [0.5, 0.6) is 0 Å². The molecule has 25 heavy (non-hydrogen) atoms. The van der Waals surface area contributed by atoms with E-state index in [0.717, 1.165) is 11.4 Å². The summed E-state index contributed by atoms with van der Waals surface area (Å²) in [5, 5.41) is 16.2. The van der Waals surface area contributed by atoms with Crippen LogP contribution in [0.1, 0.15) is 5.69 Å². The predicted molar refractivity (Wildman–Crippen MR) is 95.5 cm³/mol. The predicted octanol–water partition coefficient (Wildman–Crippen LogP) is 4.31. The Morgan fingerprint density at radius 2 is 1.60 bits per heavy atom. The highest BCUT2D eigenvalue weighted by molar-refractivity contribution is 5.99. The topological polar surface area (TPSA) is 78.9 Å². The maximum atomic E-state index is 13.5. The summed E-state index contributed by atoms with van der Waals surface area (Å²) in [6, 6.07) is 16.2. The summed E-state index contributed by atoms with van der Waals surface area (Å²) in [7, 11) is 0. The molecule has 0 aliphatic carbocycles. The smallest absolute Gasteiger partial charge is 0.323 e. The van der Waals surface area contributed by atoms with E-state index in [9.17, 15) is 9.18 Å². The highest BCUT2D eigenvalue weighted by Gasteiger charge is 2.06. The van der Waals surface area contributed by atoms with Crippen molar-refractivity contribution in [2.24, 2.45) is 0 Å². The number of urea groups is 1. The molecule has 0 fully saturated rings. The van der Waals surface area contributed by atoms with Crippen LogP contribution >= 0.6 is 0 Å². The lowest BCUT2D eigenvalue weighted by Crippen LogP contribution is -2.20. The van der Waals surface area contributed by atoms with E-state index in [1.165, 1.54) is 12.1 Å². The number of rotatable bonds is 4. The number of carbonyl (C=O) groups excluding carboxylic acids is 1. The maximum absolute atomic E-state index is 13.5. The molecule has 2 amide bonds. The first-order valence-corrected chi connectivity index (χ1v) is 7.60. The quantitative estimate of drug-likeness (QED) is 0.663. The molecule has 0 aliphatic heterocycles. The molecule has 0 saturated carbocycles. The van der Waals surface area contributed by atoms with Crippen molar-refractivity contribution in [2.75, 3.05) is 16.0 Å². The molecule has 3 aromatic rings. The van der Waals surface area contributed by atoms with Crippen LogP contribution < -0.4 is 16.0 Å². The van der Waals surface area contributed by atoms with Gasteiger partial charge in [0, 0.05) is 11.4 Å². The summed E-state index contributed by atoms with van der Waals surface area (Å²) in [6.45, 7) is 1.86. The molecule has 0 spiro atoms. The van der Waals surface area contributed by atoms with E-state index in [2.05, 4.69) is 26.1 Å². The minimum atomic E-state index is -0.518. The molecule has 0 unspecified atom stereocenters. The number of carbonyl (C=O) groups is 1. The second kappa shape index (κ2) is 7.39. The van der Waals surface area contributed by atoms with E-state index in [1.54, 1.807) is 36.4 Å². The lowest BCUT2D eigenvalue weighted by Gasteiger charge is -2.09. The average Bonchev–Trinajstić information content (AvgIpc) is 2.61. The summed E-state index contributed by atoms with van der Waals surface area (Å²) in [5.74, 6) is 0.139. The second-order valence-corrected chi connectivity index (χ2v) is 5.32. The van der Waals surface area contributed by atoms with Crippen molar-refractivity contribution in [2.45, 2.75) is 6.92 Å². The average molecular weight is 337 g/mol. The van der Waals surface area contributed by atoms with E-state index in [1.807, 2.05) is 19.1 Å². The van der Waals surface area contributed by atoms with Crippen LogP contribution in [0.3, 0.4) is 0 Å². The number of hydrogen-bond acceptors (Lipinski definition) is 4. The molecule has 1 aromatic heterocycles. The summed E-state index contributed by atoms with van der Waals surface area (Å²) in [5.41, 5.74) is 2.34. The van der Waals surface area contributed by atoms with Crippen molar-refractivity contribution in [3.05, 3.63) is 72.2 Å². The van der Waals surface area contributed by atoms with Gasteiger partial charge in [-0.15, -0.1) is 5.10 Å². The fourth-order valence-electron chi connectivity index (χ4n) is 2.10. The number of para-hydroxylation sites is 1. The van der Waals surface area contributed by atoms with Crippen LogP contribution in [0.4, 0.5) is 32.1 Å². The Morgan fingerprint density at radius 1 is 0.880 bits per heavy atom. The minimum absolute atomic E-state index is 0.122. The van der Waals surface area contributed by atoms with E-state index >= 15 is 0 Å². The third kappa shape index (κ3) is 4.51. The molecular weight excluding hydrogens is 321 g/mol. The van der Waals surface area contributed by atoms with Crippen molar-refractivity contribution in [1.82, 2.24) is 10.2 Å². The molecule has 0 saturated heterocycles. The van der Waals surface area contributed by atoms with Crippen LogP contribution in [-0.4, -0.2) is 16.2 Å². The summed E-state index contributed by atoms with van der Waals surface area (Å²) in [4.78, 5) is 11.9. The number of anilines is 4. The maximum Gasteiger partial charge on any atom is 0.323 e. The van der Waals surface area contributed by atoms with Gasteiger partial charge in [-0.2, -0.15) is 5.10 Å². The van der Waals surface area contributed by atoms with Gasteiger partial charge >= 0.3 is 6.03 Å². The van der Waals surface area contributed by atoms with E-state index < -0.39 is 11.8 Å². The molecule has 7 heteroatoms. The third-order valence-electron chi connectivity index (χ3n) is 3.34. The SMILES string of the molecule is Cc1ccc(Nc2ccc(NC(=O)Nc3ccccc3F)cc2)nn1. The molecule has 0 atom stereocenters. The molecule has 0 aliphatic rings. The Kier molecular flexibility index (Phi) is 4.84. The third-order valence-corrected chi connectivity index (χ3v) is 3.34. The van der Waals surface area contributed by atoms with Gasteiger partial charge < -0.3 is 16.0 Å². The highest BCUT2D eigenvalue weighted by Crippen LogP contribution is 2.18. The Hall–Kier alpha value is -3.48. The number of benzene rings is 2. The molecule has 0 bridgehead atoms. The normalized spacial score (nSPS) is 10.2. The lowest BCUT2D eigenvalue weighted by atomic mass is 10.2. The zero-order chi connectivity index (χ0) is 17.6. The summed E-state index contributed by atoms with van der Waals surface area (Å²) < 4.78 is 13.5. The van der Waals surface area contributed by atoms with Crippen molar-refractivity contribution in [3.63, 3.8) is 0 Å². The van der Waals surface area contributed by atoms with Crippen LogP contribution in [0.25, 0.3) is 0 Å². The minimum Gasteiger partial charge on any atom is -0.339 e. The van der Waals surface area contributed by atoms with Crippen LogP contribution in [0, 0.1) is 12.7 Å². The zero-order valence-electron chi connectivity index (χ0n) is 13.5. The Balaban J connectivity index is 1.59. The number of aryl methyl sites for hydroxylation is 1. The van der Waals surface area contributed by atoms with Crippen LogP contribution in [0.15, 0.2) is 60.7 Å². The van der Waals surface area contributed by atoms with Gasteiger partial charge in [-0.1, -0.05) is 12.1 Å². The number of hydrogen-bond donors (Lipinski definition) is 3. The van der Waals surface area contributed by atoms with Crippen molar-refractivity contribution >= 4 is 28.9 Å². The number of nitrogens with zero attached hydrogens (tertiary/aromatic N) is 2. The van der Waals surface area contributed by atoms with E-state index in [0.29, 0.717) is 11.5 Å². The first-order chi connectivity index (χ1) is 12.1. The molecule has 3 rings (SSSR count). The standard InChI is InChI=1S/C18H16FN5O/c1-12-6-11-17(24-23-12)20-13-7-9-14(10-8-13)21-18(25)22-16-5-3-2-4-15(16)19/h2-11H,1H3,(H,20,24)(H2,21,22,25). The van der Waals surface area contributed by atoms with Gasteiger partial charge in [-0.05, 0) is 55.5 Å². The second-order valence-electron chi connectivity index (χ2n) is 5.32. The van der Waals surface area contributed by atoms with Gasteiger partial charge in [0.05, 0.1) is 11.4 Å². The van der Waals surface area contributed by atoms with Gasteiger partial charge in [0.1, 0.15) is 5.82 Å². The number of halogens is 1. The Morgan fingerprint density at radius 3 is 2.28 bits per heavy atom. The molecule has 1 heterocycles. The van der Waals surface area contributed by atoms with Crippen LogP contribution in [0.2, 0.25) is 0 Å². The van der Waals surface area contributed by atoms with Gasteiger partial charge in [-0.3, -0.25) is 0 Å². The number of nitrogens with one attached hydrogen (secondary N) is 3. The van der Waals surface area contributed by atoms with Gasteiger partial charge in [-0.25, -0.2) is 9.18 Å². The van der Waals surface area contributed by atoms with Crippen molar-refractivity contribution < 1.29 is 9.18 Å². The number of aromatic nitrogens is 2. The first-order valence-electron chi connectivity index (χ1n) is 7.60. The highest BCUT2D eigenvalue weighted by atomic mass is 19.1. The molecule has 3 N–H and O–H groups in total. The van der Waals surface area contributed by atoms with E-state index in [-0.39, 0.29) is 5.69 Å². The number of amides is 2. The monoisotopic (exact) mass is 337 g/mol. The van der Waals surface area contributed by atoms with Crippen molar-refractivity contribution in [3.8, 4) is 0 Å². The molecule has 126 valence electrons. The molecule has 6 nitrogen and oxygen atoms in total. The lowest BCUT2D eigenvalue weighted by molar-refractivity contribution is 0.262. The van der Waals surface area contributed by atoms with Crippen LogP contribution in [-0.2, 0) is 0 Å². The van der Waals surface area contributed by atoms with Gasteiger partial charge in [0.15, 0.2) is 5.82 Å². The molecule has 2 aromatic carbocycles. The Bertz CT molecular complexity index is 865. The largest absolute Gasteiger partial charge is 0.339 e. The summed E-state index contributed by atoms with van der Waals surface area (Å²) in [6.07, 6.45) is 0. The zero-order valence-corrected chi connectivity index (χ0v) is 13.5. The molecular formula is C18H16FN5O. The first kappa shape index (κ1) is 16.4. The Labute approximate surface area is 144 Å². The fraction of sp³-hybridized carbons (Fsp3) is 0.0556. The van der Waals surface area contributed by atoms with Gasteiger partial charge in [0.2, 0.25) is 0 Å². The molecule has 0 radical (unpaired) electrons. The fourth-order valence-corrected chi connectivity index (χ4v) is 2.10. The van der Waals surface area contributed by atoms with Gasteiger partial charge in [0.25, 0.3) is 0 Å².